The summed E-state index contributed by atoms with van der Waals surface area (Å²) in [6.07, 6.45) is 0.439. The fraction of sp³-hybridized carbons (Fsp3) is 0.200. The van der Waals surface area contributed by atoms with Crippen molar-refractivity contribution in [3.05, 3.63) is 73.7 Å². The van der Waals surface area contributed by atoms with E-state index in [2.05, 4.69) is 15.9 Å². The SMILES string of the molecule is Cc1ccc(Br)cc1C(N)Cc1ccccc1[N+](=O)[O-]. The lowest BCUT2D eigenvalue weighted by molar-refractivity contribution is -0.385. The highest BCUT2D eigenvalue weighted by Gasteiger charge is 2.17. The lowest BCUT2D eigenvalue weighted by atomic mass is 9.95. The maximum absolute atomic E-state index is 11.0. The molecule has 0 radical (unpaired) electrons. The number of benzene rings is 2. The lowest BCUT2D eigenvalue weighted by Gasteiger charge is -2.15. The van der Waals surface area contributed by atoms with Crippen LogP contribution in [0.4, 0.5) is 5.69 Å². The van der Waals surface area contributed by atoms with Gasteiger partial charge in [0.1, 0.15) is 0 Å². The second kappa shape index (κ2) is 6.15. The van der Waals surface area contributed by atoms with Crippen LogP contribution in [0.5, 0.6) is 0 Å². The molecule has 4 nitrogen and oxygen atoms in total. The number of nitro benzene ring substituents is 1. The van der Waals surface area contributed by atoms with E-state index in [1.165, 1.54) is 6.07 Å². The number of nitrogens with zero attached hydrogens (tertiary/aromatic N) is 1. The molecule has 0 heterocycles. The molecule has 0 spiro atoms. The molecule has 0 aliphatic carbocycles. The standard InChI is InChI=1S/C15H15BrN2O2/c1-10-6-7-12(16)9-13(10)14(17)8-11-4-2-3-5-15(11)18(19)20/h2-7,9,14H,8,17H2,1H3. The third-order valence-electron chi connectivity index (χ3n) is 3.27. The molecule has 0 aromatic heterocycles. The van der Waals surface area contributed by atoms with Crippen LogP contribution in [0.1, 0.15) is 22.7 Å². The quantitative estimate of drug-likeness (QED) is 0.680. The van der Waals surface area contributed by atoms with Gasteiger partial charge >= 0.3 is 0 Å². The van der Waals surface area contributed by atoms with Crippen LogP contribution in [0.25, 0.3) is 0 Å². The molecule has 2 rings (SSSR count). The Morgan fingerprint density at radius 2 is 2.00 bits per heavy atom. The van der Waals surface area contributed by atoms with Gasteiger partial charge in [-0.1, -0.05) is 40.2 Å². The maximum Gasteiger partial charge on any atom is 0.272 e. The van der Waals surface area contributed by atoms with E-state index in [0.717, 1.165) is 15.6 Å². The van der Waals surface area contributed by atoms with Crippen LogP contribution >= 0.6 is 15.9 Å². The Kier molecular flexibility index (Phi) is 4.52. The summed E-state index contributed by atoms with van der Waals surface area (Å²) in [5.74, 6) is 0. The first-order chi connectivity index (χ1) is 9.49. The number of hydrogen-bond acceptors (Lipinski definition) is 3. The van der Waals surface area contributed by atoms with Crippen molar-refractivity contribution in [2.45, 2.75) is 19.4 Å². The molecular formula is C15H15BrN2O2. The zero-order valence-corrected chi connectivity index (χ0v) is 12.6. The molecule has 2 N–H and O–H groups in total. The largest absolute Gasteiger partial charge is 0.324 e. The molecule has 0 aliphatic rings. The summed E-state index contributed by atoms with van der Waals surface area (Å²) in [6.45, 7) is 1.99. The molecule has 0 bridgehead atoms. The van der Waals surface area contributed by atoms with Gasteiger partial charge in [0.05, 0.1) is 4.92 Å². The van der Waals surface area contributed by atoms with E-state index >= 15 is 0 Å². The fourth-order valence-electron chi connectivity index (χ4n) is 2.22. The van der Waals surface area contributed by atoms with E-state index in [-0.39, 0.29) is 16.7 Å². The van der Waals surface area contributed by atoms with Crippen molar-refractivity contribution in [3.63, 3.8) is 0 Å². The summed E-state index contributed by atoms with van der Waals surface area (Å²) in [6, 6.07) is 12.4. The molecule has 0 saturated heterocycles. The number of para-hydroxylation sites is 1. The van der Waals surface area contributed by atoms with Gasteiger partial charge in [0, 0.05) is 22.1 Å². The summed E-state index contributed by atoms with van der Waals surface area (Å²) in [7, 11) is 0. The maximum atomic E-state index is 11.0. The van der Waals surface area contributed by atoms with Crippen molar-refractivity contribution in [2.24, 2.45) is 5.73 Å². The Morgan fingerprint density at radius 3 is 2.70 bits per heavy atom. The molecule has 0 aliphatic heterocycles. The van der Waals surface area contributed by atoms with E-state index in [4.69, 9.17) is 5.73 Å². The van der Waals surface area contributed by atoms with Gasteiger partial charge in [-0.3, -0.25) is 10.1 Å². The smallest absolute Gasteiger partial charge is 0.272 e. The van der Waals surface area contributed by atoms with Gasteiger partial charge < -0.3 is 5.73 Å². The van der Waals surface area contributed by atoms with Gasteiger partial charge in [-0.15, -0.1) is 0 Å². The lowest BCUT2D eigenvalue weighted by Crippen LogP contribution is -2.15. The summed E-state index contributed by atoms with van der Waals surface area (Å²) in [4.78, 5) is 10.7. The topological polar surface area (TPSA) is 69.2 Å². The zero-order valence-electron chi connectivity index (χ0n) is 11.0. The highest BCUT2D eigenvalue weighted by molar-refractivity contribution is 9.10. The average molecular weight is 335 g/mol. The van der Waals surface area contributed by atoms with Crippen molar-refractivity contribution in [2.75, 3.05) is 0 Å². The van der Waals surface area contributed by atoms with Crippen molar-refractivity contribution in [3.8, 4) is 0 Å². The molecular weight excluding hydrogens is 320 g/mol. The first-order valence-electron chi connectivity index (χ1n) is 6.23. The Labute approximate surface area is 125 Å². The van der Waals surface area contributed by atoms with Gasteiger partial charge in [0.15, 0.2) is 0 Å². The predicted octanol–water partition coefficient (Wildman–Crippen LogP) is 3.91. The van der Waals surface area contributed by atoms with Gasteiger partial charge in [-0.2, -0.15) is 0 Å². The molecule has 104 valence electrons. The minimum absolute atomic E-state index is 0.121. The van der Waals surface area contributed by atoms with Gasteiger partial charge in [-0.05, 0) is 36.6 Å². The normalized spacial score (nSPS) is 12.2. The van der Waals surface area contributed by atoms with Crippen molar-refractivity contribution in [1.29, 1.82) is 0 Å². The van der Waals surface area contributed by atoms with E-state index < -0.39 is 0 Å². The molecule has 1 atom stereocenters. The molecule has 5 heteroatoms. The third kappa shape index (κ3) is 3.23. The van der Waals surface area contributed by atoms with Crippen molar-refractivity contribution in [1.82, 2.24) is 0 Å². The summed E-state index contributed by atoms with van der Waals surface area (Å²) < 4.78 is 0.955. The second-order valence-electron chi connectivity index (χ2n) is 4.70. The Morgan fingerprint density at radius 1 is 1.30 bits per heavy atom. The molecule has 2 aromatic rings. The third-order valence-corrected chi connectivity index (χ3v) is 3.76. The van der Waals surface area contributed by atoms with Crippen LogP contribution in [0, 0.1) is 17.0 Å². The van der Waals surface area contributed by atoms with Crippen LogP contribution in [-0.4, -0.2) is 4.92 Å². The highest BCUT2D eigenvalue weighted by Crippen LogP contribution is 2.27. The van der Waals surface area contributed by atoms with Crippen molar-refractivity contribution >= 4 is 21.6 Å². The average Bonchev–Trinajstić information content (AvgIpc) is 2.41. The Balaban J connectivity index is 2.30. The van der Waals surface area contributed by atoms with Crippen molar-refractivity contribution < 1.29 is 4.92 Å². The first kappa shape index (κ1) is 14.7. The Bertz CT molecular complexity index is 644. The zero-order chi connectivity index (χ0) is 14.7. The number of nitrogens with two attached hydrogens (primary N) is 1. The van der Waals surface area contributed by atoms with Gasteiger partial charge in [0.2, 0.25) is 0 Å². The number of aryl methyl sites for hydroxylation is 1. The molecule has 0 fully saturated rings. The second-order valence-corrected chi connectivity index (χ2v) is 5.61. The van der Waals surface area contributed by atoms with Gasteiger partial charge in [0.25, 0.3) is 5.69 Å². The van der Waals surface area contributed by atoms with Crippen LogP contribution in [0.15, 0.2) is 46.9 Å². The van der Waals surface area contributed by atoms with E-state index in [9.17, 15) is 10.1 Å². The molecule has 20 heavy (non-hydrogen) atoms. The molecule has 0 saturated carbocycles. The fourth-order valence-corrected chi connectivity index (χ4v) is 2.60. The summed E-state index contributed by atoms with van der Waals surface area (Å²) >= 11 is 3.42. The molecule has 2 aromatic carbocycles. The predicted molar refractivity (Wildman–Crippen MR) is 82.6 cm³/mol. The number of rotatable bonds is 4. The van der Waals surface area contributed by atoms with Crippen LogP contribution < -0.4 is 5.73 Å². The summed E-state index contributed by atoms with van der Waals surface area (Å²) in [5.41, 5.74) is 9.08. The molecule has 0 amide bonds. The van der Waals surface area contributed by atoms with Crippen LogP contribution in [-0.2, 0) is 6.42 Å². The van der Waals surface area contributed by atoms with Gasteiger partial charge in [-0.25, -0.2) is 0 Å². The monoisotopic (exact) mass is 334 g/mol. The number of halogens is 1. The van der Waals surface area contributed by atoms with E-state index in [0.29, 0.717) is 12.0 Å². The summed E-state index contributed by atoms with van der Waals surface area (Å²) in [5, 5.41) is 11.0. The van der Waals surface area contributed by atoms with E-state index in [1.807, 2.05) is 25.1 Å². The van der Waals surface area contributed by atoms with E-state index in [1.54, 1.807) is 18.2 Å². The van der Waals surface area contributed by atoms with Crippen LogP contribution in [0.2, 0.25) is 0 Å². The number of hydrogen-bond donors (Lipinski definition) is 1. The first-order valence-corrected chi connectivity index (χ1v) is 7.02. The Hall–Kier alpha value is -1.72. The molecule has 1 unspecified atom stereocenters. The van der Waals surface area contributed by atoms with Crippen LogP contribution in [0.3, 0.4) is 0 Å². The minimum Gasteiger partial charge on any atom is -0.324 e. The minimum atomic E-state index is -0.365. The highest BCUT2D eigenvalue weighted by atomic mass is 79.9. The number of nitro groups is 1.